The molecule has 0 amide bonds. The molecule has 0 aromatic rings. The molecule has 0 saturated heterocycles. The first-order valence-corrected chi connectivity index (χ1v) is 6.36. The van der Waals surface area contributed by atoms with Gasteiger partial charge in [0, 0.05) is 11.8 Å². The molecule has 0 heterocycles. The van der Waals surface area contributed by atoms with Gasteiger partial charge in [-0.05, 0) is 24.2 Å². The highest BCUT2D eigenvalue weighted by Gasteiger charge is 2.33. The summed E-state index contributed by atoms with van der Waals surface area (Å²) in [5.41, 5.74) is 0.123. The Balaban J connectivity index is 2.60. The van der Waals surface area contributed by atoms with Crippen LogP contribution in [0.3, 0.4) is 0 Å². The standard InChI is InChI=1S/C14H26O/c1-10-7-6-8-12(9-10)13(15)11(2)14(3,4)5/h10-12H,6-9H2,1-5H3. The topological polar surface area (TPSA) is 17.1 Å². The van der Waals surface area contributed by atoms with Crippen LogP contribution in [0, 0.1) is 23.2 Å². The van der Waals surface area contributed by atoms with Crippen LogP contribution in [0.25, 0.3) is 0 Å². The van der Waals surface area contributed by atoms with Gasteiger partial charge < -0.3 is 0 Å². The zero-order valence-corrected chi connectivity index (χ0v) is 11.0. The van der Waals surface area contributed by atoms with Gasteiger partial charge in [-0.1, -0.05) is 47.5 Å². The van der Waals surface area contributed by atoms with E-state index >= 15 is 0 Å². The van der Waals surface area contributed by atoms with Crippen molar-refractivity contribution in [2.45, 2.75) is 60.3 Å². The molecule has 88 valence electrons. The van der Waals surface area contributed by atoms with Crippen molar-refractivity contribution in [2.24, 2.45) is 23.2 Å². The minimum atomic E-state index is 0.123. The first-order chi connectivity index (χ1) is 6.82. The fourth-order valence-electron chi connectivity index (χ4n) is 2.47. The summed E-state index contributed by atoms with van der Waals surface area (Å²) in [5, 5.41) is 0. The molecule has 0 bridgehead atoms. The summed E-state index contributed by atoms with van der Waals surface area (Å²) in [6, 6.07) is 0. The van der Waals surface area contributed by atoms with Gasteiger partial charge in [-0.2, -0.15) is 0 Å². The predicted molar refractivity (Wildman–Crippen MR) is 64.7 cm³/mol. The highest BCUT2D eigenvalue weighted by molar-refractivity contribution is 5.83. The molecule has 1 fully saturated rings. The summed E-state index contributed by atoms with van der Waals surface area (Å²) >= 11 is 0. The lowest BCUT2D eigenvalue weighted by Crippen LogP contribution is -2.33. The second-order valence-corrected chi connectivity index (χ2v) is 6.46. The number of hydrogen-bond donors (Lipinski definition) is 0. The summed E-state index contributed by atoms with van der Waals surface area (Å²) in [7, 11) is 0. The molecule has 0 aliphatic heterocycles. The molecule has 3 unspecified atom stereocenters. The monoisotopic (exact) mass is 210 g/mol. The van der Waals surface area contributed by atoms with E-state index in [1.807, 2.05) is 0 Å². The Kier molecular flexibility index (Phi) is 3.97. The van der Waals surface area contributed by atoms with Crippen molar-refractivity contribution in [3.8, 4) is 0 Å². The van der Waals surface area contributed by atoms with Crippen molar-refractivity contribution in [3.05, 3.63) is 0 Å². The Labute approximate surface area is 94.6 Å². The van der Waals surface area contributed by atoms with Gasteiger partial charge in [0.1, 0.15) is 5.78 Å². The van der Waals surface area contributed by atoms with Crippen molar-refractivity contribution in [2.75, 3.05) is 0 Å². The van der Waals surface area contributed by atoms with Gasteiger partial charge in [0.2, 0.25) is 0 Å². The lowest BCUT2D eigenvalue weighted by molar-refractivity contribution is -0.130. The fourth-order valence-corrected chi connectivity index (χ4v) is 2.47. The van der Waals surface area contributed by atoms with Gasteiger partial charge in [0.15, 0.2) is 0 Å². The van der Waals surface area contributed by atoms with Gasteiger partial charge in [-0.3, -0.25) is 4.79 Å². The largest absolute Gasteiger partial charge is 0.299 e. The second-order valence-electron chi connectivity index (χ2n) is 6.46. The van der Waals surface area contributed by atoms with E-state index < -0.39 is 0 Å². The van der Waals surface area contributed by atoms with E-state index in [0.717, 1.165) is 18.8 Å². The molecule has 0 aromatic carbocycles. The molecule has 0 N–H and O–H groups in total. The third kappa shape index (κ3) is 3.32. The van der Waals surface area contributed by atoms with E-state index in [2.05, 4.69) is 34.6 Å². The maximum atomic E-state index is 12.3. The molecule has 0 radical (unpaired) electrons. The Morgan fingerprint density at radius 3 is 2.33 bits per heavy atom. The Morgan fingerprint density at radius 2 is 1.87 bits per heavy atom. The van der Waals surface area contributed by atoms with Crippen molar-refractivity contribution in [1.29, 1.82) is 0 Å². The van der Waals surface area contributed by atoms with Crippen LogP contribution in [0.1, 0.15) is 60.3 Å². The highest BCUT2D eigenvalue weighted by atomic mass is 16.1. The minimum absolute atomic E-state index is 0.123. The first-order valence-electron chi connectivity index (χ1n) is 6.36. The molecule has 0 spiro atoms. The van der Waals surface area contributed by atoms with E-state index in [-0.39, 0.29) is 11.3 Å². The quantitative estimate of drug-likeness (QED) is 0.671. The van der Waals surface area contributed by atoms with Gasteiger partial charge in [0.25, 0.3) is 0 Å². The van der Waals surface area contributed by atoms with Crippen molar-refractivity contribution in [1.82, 2.24) is 0 Å². The molecular formula is C14H26O. The number of rotatable bonds is 2. The third-order valence-electron chi connectivity index (χ3n) is 4.06. The lowest BCUT2D eigenvalue weighted by Gasteiger charge is -2.32. The number of hydrogen-bond acceptors (Lipinski definition) is 1. The lowest BCUT2D eigenvalue weighted by atomic mass is 9.71. The van der Waals surface area contributed by atoms with Gasteiger partial charge >= 0.3 is 0 Å². The normalized spacial score (nSPS) is 29.9. The molecule has 1 aliphatic rings. The van der Waals surface area contributed by atoms with Crippen LogP contribution in [0.4, 0.5) is 0 Å². The number of ketones is 1. The summed E-state index contributed by atoms with van der Waals surface area (Å²) in [6.07, 6.45) is 4.81. The van der Waals surface area contributed by atoms with Crippen LogP contribution in [-0.2, 0) is 4.79 Å². The first kappa shape index (κ1) is 12.7. The summed E-state index contributed by atoms with van der Waals surface area (Å²) in [5.74, 6) is 1.81. The van der Waals surface area contributed by atoms with E-state index in [1.54, 1.807) is 0 Å². The Hall–Kier alpha value is -0.330. The molecule has 1 heteroatoms. The smallest absolute Gasteiger partial charge is 0.139 e. The van der Waals surface area contributed by atoms with Gasteiger partial charge in [-0.25, -0.2) is 0 Å². The molecule has 3 atom stereocenters. The maximum absolute atomic E-state index is 12.3. The van der Waals surface area contributed by atoms with Crippen molar-refractivity contribution in [3.63, 3.8) is 0 Å². The fraction of sp³-hybridized carbons (Fsp3) is 0.929. The van der Waals surface area contributed by atoms with Crippen LogP contribution in [0.2, 0.25) is 0 Å². The van der Waals surface area contributed by atoms with Crippen LogP contribution >= 0.6 is 0 Å². The number of Topliss-reactive ketones (excluding diaryl/α,β-unsaturated/α-hetero) is 1. The number of carbonyl (C=O) groups excluding carboxylic acids is 1. The van der Waals surface area contributed by atoms with Crippen LogP contribution < -0.4 is 0 Å². The predicted octanol–water partition coefficient (Wildman–Crippen LogP) is 4.06. The van der Waals surface area contributed by atoms with E-state index in [4.69, 9.17) is 0 Å². The highest BCUT2D eigenvalue weighted by Crippen LogP contribution is 2.35. The Morgan fingerprint density at radius 1 is 1.27 bits per heavy atom. The van der Waals surface area contributed by atoms with Gasteiger partial charge in [0.05, 0.1) is 0 Å². The van der Waals surface area contributed by atoms with Crippen LogP contribution in [-0.4, -0.2) is 5.78 Å². The molecule has 1 rings (SSSR count). The molecule has 1 aliphatic carbocycles. The maximum Gasteiger partial charge on any atom is 0.139 e. The van der Waals surface area contributed by atoms with Gasteiger partial charge in [-0.15, -0.1) is 0 Å². The molecule has 1 saturated carbocycles. The second kappa shape index (κ2) is 4.67. The molecule has 15 heavy (non-hydrogen) atoms. The molecule has 1 nitrogen and oxygen atoms in total. The number of carbonyl (C=O) groups is 1. The summed E-state index contributed by atoms with van der Waals surface area (Å²) in [6.45, 7) is 10.9. The van der Waals surface area contributed by atoms with Crippen LogP contribution in [0.5, 0.6) is 0 Å². The SMILES string of the molecule is CC1CCCC(C(=O)C(C)C(C)(C)C)C1. The average Bonchev–Trinajstić information content (AvgIpc) is 2.14. The van der Waals surface area contributed by atoms with E-state index in [9.17, 15) is 4.79 Å². The average molecular weight is 210 g/mol. The van der Waals surface area contributed by atoms with Crippen molar-refractivity contribution < 1.29 is 4.79 Å². The molecular weight excluding hydrogens is 184 g/mol. The minimum Gasteiger partial charge on any atom is -0.299 e. The van der Waals surface area contributed by atoms with E-state index in [0.29, 0.717) is 11.7 Å². The third-order valence-corrected chi connectivity index (χ3v) is 4.06. The zero-order valence-electron chi connectivity index (χ0n) is 11.0. The Bertz CT molecular complexity index is 224. The van der Waals surface area contributed by atoms with E-state index in [1.165, 1.54) is 12.8 Å². The van der Waals surface area contributed by atoms with Crippen LogP contribution in [0.15, 0.2) is 0 Å². The van der Waals surface area contributed by atoms with Crippen molar-refractivity contribution >= 4 is 5.78 Å². The zero-order chi connectivity index (χ0) is 11.6. The summed E-state index contributed by atoms with van der Waals surface area (Å²) < 4.78 is 0. The molecule has 0 aromatic heterocycles. The summed E-state index contributed by atoms with van der Waals surface area (Å²) in [4.78, 5) is 12.3.